The largest absolute Gasteiger partial charge is 0.497 e. The fourth-order valence-corrected chi connectivity index (χ4v) is 3.54. The molecule has 0 aliphatic carbocycles. The van der Waals surface area contributed by atoms with Crippen LogP contribution in [-0.2, 0) is 24.3 Å². The molecule has 0 radical (unpaired) electrons. The number of sulfonamides is 1. The number of anilines is 1. The van der Waals surface area contributed by atoms with Crippen molar-refractivity contribution in [2.24, 2.45) is 0 Å². The van der Waals surface area contributed by atoms with Crippen molar-refractivity contribution in [3.8, 4) is 11.8 Å². The quantitative estimate of drug-likeness (QED) is 0.609. The Kier molecular flexibility index (Phi) is 7.52. The topological polar surface area (TPSA) is 135 Å². The van der Waals surface area contributed by atoms with Crippen LogP contribution in [-0.4, -0.2) is 39.5 Å². The number of carbonyl (C=O) groups is 2. The zero-order valence-electron chi connectivity index (χ0n) is 16.6. The standard InChI is InChI=1S/C20H21N3O6S/c1-13(23-30(26,27)18-9-7-17(28-3)8-10-18)20(25)29-14(2)19(24)22-16-6-4-5-15(11-16)12-21/h4-11,13-14,23H,1-3H3,(H,22,24)/t13-,14?/m0/s1. The number of esters is 1. The molecule has 2 atom stereocenters. The van der Waals surface area contributed by atoms with Crippen molar-refractivity contribution in [2.45, 2.75) is 30.9 Å². The van der Waals surface area contributed by atoms with Crippen molar-refractivity contribution in [3.63, 3.8) is 0 Å². The molecule has 30 heavy (non-hydrogen) atoms. The van der Waals surface area contributed by atoms with Gasteiger partial charge in [-0.2, -0.15) is 9.98 Å². The molecule has 0 aliphatic rings. The smallest absolute Gasteiger partial charge is 0.324 e. The molecule has 2 aromatic carbocycles. The first-order valence-corrected chi connectivity index (χ1v) is 10.3. The SMILES string of the molecule is COc1ccc(S(=O)(=O)N[C@@H](C)C(=O)OC(C)C(=O)Nc2cccc(C#N)c2)cc1. The minimum atomic E-state index is -3.98. The highest BCUT2D eigenvalue weighted by atomic mass is 32.2. The third-order valence-corrected chi connectivity index (χ3v) is 5.53. The lowest BCUT2D eigenvalue weighted by Crippen LogP contribution is -2.42. The van der Waals surface area contributed by atoms with Crippen LogP contribution < -0.4 is 14.8 Å². The molecule has 0 spiro atoms. The summed E-state index contributed by atoms with van der Waals surface area (Å²) in [6.45, 7) is 2.66. The Hall–Kier alpha value is -3.42. The molecule has 9 nitrogen and oxygen atoms in total. The zero-order chi connectivity index (χ0) is 22.3. The Labute approximate surface area is 174 Å². The first kappa shape index (κ1) is 22.9. The first-order chi connectivity index (χ1) is 14.2. The molecule has 10 heteroatoms. The first-order valence-electron chi connectivity index (χ1n) is 8.84. The predicted octanol–water partition coefficient (Wildman–Crippen LogP) is 1.80. The van der Waals surface area contributed by atoms with Gasteiger partial charge in [0.1, 0.15) is 11.8 Å². The van der Waals surface area contributed by atoms with Gasteiger partial charge in [-0.15, -0.1) is 0 Å². The minimum absolute atomic E-state index is 0.0499. The average molecular weight is 431 g/mol. The van der Waals surface area contributed by atoms with Crippen LogP contribution in [0.4, 0.5) is 5.69 Å². The Bertz CT molecular complexity index is 1060. The lowest BCUT2D eigenvalue weighted by molar-refractivity contribution is -0.154. The average Bonchev–Trinajstić information content (AvgIpc) is 2.73. The summed E-state index contributed by atoms with van der Waals surface area (Å²) in [6.07, 6.45) is -1.18. The van der Waals surface area contributed by atoms with Gasteiger partial charge in [-0.1, -0.05) is 6.07 Å². The molecule has 158 valence electrons. The number of benzene rings is 2. The summed E-state index contributed by atoms with van der Waals surface area (Å²) in [7, 11) is -2.52. The number of nitrogens with zero attached hydrogens (tertiary/aromatic N) is 1. The number of nitrogens with one attached hydrogen (secondary N) is 2. The molecular weight excluding hydrogens is 410 g/mol. The second-order valence-corrected chi connectivity index (χ2v) is 7.99. The highest BCUT2D eigenvalue weighted by molar-refractivity contribution is 7.89. The second-order valence-electron chi connectivity index (χ2n) is 6.28. The van der Waals surface area contributed by atoms with Crippen LogP contribution >= 0.6 is 0 Å². The molecule has 0 aromatic heterocycles. The lowest BCUT2D eigenvalue weighted by atomic mass is 10.2. The van der Waals surface area contributed by atoms with Crippen molar-refractivity contribution in [1.29, 1.82) is 5.26 Å². The number of amides is 1. The Morgan fingerprint density at radius 1 is 1.10 bits per heavy atom. The van der Waals surface area contributed by atoms with Gasteiger partial charge in [0.15, 0.2) is 6.10 Å². The highest BCUT2D eigenvalue weighted by Gasteiger charge is 2.26. The molecular formula is C20H21N3O6S. The van der Waals surface area contributed by atoms with Crippen molar-refractivity contribution in [3.05, 3.63) is 54.1 Å². The maximum atomic E-state index is 12.4. The van der Waals surface area contributed by atoms with Crippen LogP contribution in [0, 0.1) is 11.3 Å². The van der Waals surface area contributed by atoms with E-state index in [4.69, 9.17) is 14.7 Å². The van der Waals surface area contributed by atoms with E-state index in [0.717, 1.165) is 0 Å². The molecule has 0 fully saturated rings. The molecule has 1 amide bonds. The highest BCUT2D eigenvalue weighted by Crippen LogP contribution is 2.16. The number of carbonyl (C=O) groups excluding carboxylic acids is 2. The molecule has 0 saturated heterocycles. The maximum Gasteiger partial charge on any atom is 0.324 e. The molecule has 0 aliphatic heterocycles. The number of rotatable bonds is 8. The fraction of sp³-hybridized carbons (Fsp3) is 0.250. The van der Waals surface area contributed by atoms with Crippen LogP contribution in [0.5, 0.6) is 5.75 Å². The van der Waals surface area contributed by atoms with Gasteiger partial charge < -0.3 is 14.8 Å². The number of methoxy groups -OCH3 is 1. The van der Waals surface area contributed by atoms with Gasteiger partial charge >= 0.3 is 5.97 Å². The van der Waals surface area contributed by atoms with E-state index < -0.39 is 34.0 Å². The number of hydrogen-bond acceptors (Lipinski definition) is 7. The molecule has 2 rings (SSSR count). The normalized spacial score (nSPS) is 12.9. The van der Waals surface area contributed by atoms with Gasteiger partial charge in [0.05, 0.1) is 23.6 Å². The van der Waals surface area contributed by atoms with E-state index in [1.807, 2.05) is 6.07 Å². The third-order valence-electron chi connectivity index (χ3n) is 3.98. The summed E-state index contributed by atoms with van der Waals surface area (Å²) in [5.74, 6) is -1.05. The molecule has 0 saturated carbocycles. The van der Waals surface area contributed by atoms with Gasteiger partial charge in [-0.3, -0.25) is 9.59 Å². The maximum absolute atomic E-state index is 12.4. The summed E-state index contributed by atoms with van der Waals surface area (Å²) in [4.78, 5) is 24.4. The van der Waals surface area contributed by atoms with Crippen molar-refractivity contribution < 1.29 is 27.5 Å². The Morgan fingerprint density at radius 2 is 1.77 bits per heavy atom. The van der Waals surface area contributed by atoms with Crippen LogP contribution in [0.3, 0.4) is 0 Å². The van der Waals surface area contributed by atoms with Crippen LogP contribution in [0.1, 0.15) is 19.4 Å². The van der Waals surface area contributed by atoms with Crippen molar-refractivity contribution in [2.75, 3.05) is 12.4 Å². The van der Waals surface area contributed by atoms with Gasteiger partial charge in [0.2, 0.25) is 10.0 Å². The minimum Gasteiger partial charge on any atom is -0.497 e. The Morgan fingerprint density at radius 3 is 2.37 bits per heavy atom. The second kappa shape index (κ2) is 9.87. The number of ether oxygens (including phenoxy) is 2. The monoisotopic (exact) mass is 431 g/mol. The molecule has 2 N–H and O–H groups in total. The fourth-order valence-electron chi connectivity index (χ4n) is 2.34. The number of nitriles is 1. The summed E-state index contributed by atoms with van der Waals surface area (Å²) in [6, 6.07) is 12.6. The summed E-state index contributed by atoms with van der Waals surface area (Å²) < 4.78 is 37.1. The van der Waals surface area contributed by atoms with Gasteiger partial charge in [0, 0.05) is 5.69 Å². The summed E-state index contributed by atoms with van der Waals surface area (Å²) in [5.41, 5.74) is 0.731. The Balaban J connectivity index is 1.96. The molecule has 2 aromatic rings. The number of hydrogen-bond donors (Lipinski definition) is 2. The third kappa shape index (κ3) is 6.04. The molecule has 1 unspecified atom stereocenters. The van der Waals surface area contributed by atoms with Crippen LogP contribution in [0.2, 0.25) is 0 Å². The zero-order valence-corrected chi connectivity index (χ0v) is 17.4. The van der Waals surface area contributed by atoms with Crippen LogP contribution in [0.15, 0.2) is 53.4 Å². The van der Waals surface area contributed by atoms with Gasteiger partial charge in [-0.25, -0.2) is 8.42 Å². The van der Waals surface area contributed by atoms with E-state index in [-0.39, 0.29) is 4.90 Å². The molecule has 0 heterocycles. The molecule has 0 bridgehead atoms. The predicted molar refractivity (Wildman–Crippen MR) is 108 cm³/mol. The van der Waals surface area contributed by atoms with Crippen molar-refractivity contribution in [1.82, 2.24) is 4.72 Å². The summed E-state index contributed by atoms with van der Waals surface area (Å²) in [5, 5.41) is 11.4. The van der Waals surface area contributed by atoms with Crippen LogP contribution in [0.25, 0.3) is 0 Å². The van der Waals surface area contributed by atoms with E-state index in [2.05, 4.69) is 10.0 Å². The van der Waals surface area contributed by atoms with E-state index in [1.165, 1.54) is 51.3 Å². The lowest BCUT2D eigenvalue weighted by Gasteiger charge is -2.18. The van der Waals surface area contributed by atoms with E-state index in [1.54, 1.807) is 18.2 Å². The van der Waals surface area contributed by atoms with Gasteiger partial charge in [-0.05, 0) is 56.3 Å². The van der Waals surface area contributed by atoms with Gasteiger partial charge in [0.25, 0.3) is 5.91 Å². The van der Waals surface area contributed by atoms with Crippen molar-refractivity contribution >= 4 is 27.6 Å². The van der Waals surface area contributed by atoms with E-state index in [0.29, 0.717) is 17.0 Å². The van der Waals surface area contributed by atoms with E-state index >= 15 is 0 Å². The van der Waals surface area contributed by atoms with E-state index in [9.17, 15) is 18.0 Å². The summed E-state index contributed by atoms with van der Waals surface area (Å²) >= 11 is 0.